The molecule has 0 radical (unpaired) electrons. The number of nitrogens with zero attached hydrogens (tertiary/aromatic N) is 4. The number of carbonyl (C=O) groups excluding carboxylic acids is 1. The van der Waals surface area contributed by atoms with Crippen molar-refractivity contribution in [2.45, 2.75) is 13.3 Å². The molecule has 0 unspecified atom stereocenters. The smallest absolute Gasteiger partial charge is 0.248 e. The molecule has 0 saturated heterocycles. The Kier molecular flexibility index (Phi) is 1.99. The van der Waals surface area contributed by atoms with Crippen molar-refractivity contribution >= 4 is 11.6 Å². The van der Waals surface area contributed by atoms with Gasteiger partial charge >= 0.3 is 0 Å². The van der Waals surface area contributed by atoms with Crippen molar-refractivity contribution in [3.05, 3.63) is 23.8 Å². The van der Waals surface area contributed by atoms with Crippen LogP contribution in [0, 0.1) is 6.92 Å². The molecule has 5 nitrogen and oxygen atoms in total. The van der Waals surface area contributed by atoms with Gasteiger partial charge in [-0.2, -0.15) is 5.10 Å². The molecule has 1 amide bonds. The third kappa shape index (κ3) is 1.37. The van der Waals surface area contributed by atoms with Gasteiger partial charge in [-0.1, -0.05) is 0 Å². The highest BCUT2D eigenvalue weighted by molar-refractivity contribution is 6.13. The Morgan fingerprint density at radius 3 is 2.64 bits per heavy atom. The first-order valence-corrected chi connectivity index (χ1v) is 4.30. The van der Waals surface area contributed by atoms with Crippen molar-refractivity contribution < 1.29 is 4.79 Å². The normalized spacial score (nSPS) is 16.0. The van der Waals surface area contributed by atoms with E-state index in [0.717, 1.165) is 5.69 Å². The fraction of sp³-hybridized carbons (Fsp3) is 0.333. The van der Waals surface area contributed by atoms with Gasteiger partial charge < -0.3 is 0 Å². The van der Waals surface area contributed by atoms with E-state index in [4.69, 9.17) is 0 Å². The van der Waals surface area contributed by atoms with Crippen molar-refractivity contribution in [1.29, 1.82) is 0 Å². The molecule has 72 valence electrons. The molecule has 1 aromatic rings. The Hall–Kier alpha value is -1.78. The minimum atomic E-state index is -0.00921. The lowest BCUT2D eigenvalue weighted by molar-refractivity contribution is -0.127. The van der Waals surface area contributed by atoms with Gasteiger partial charge in [0, 0.05) is 19.4 Å². The average Bonchev–Trinajstić information content (AvgIpc) is 2.48. The molecule has 0 aliphatic carbocycles. The predicted molar refractivity (Wildman–Crippen MR) is 50.7 cm³/mol. The molecule has 0 spiro atoms. The topological polar surface area (TPSA) is 58.5 Å². The molecule has 2 rings (SSSR count). The van der Waals surface area contributed by atoms with Gasteiger partial charge in [0.1, 0.15) is 5.69 Å². The van der Waals surface area contributed by atoms with Gasteiger partial charge in [-0.25, -0.2) is 5.01 Å². The van der Waals surface area contributed by atoms with Crippen LogP contribution in [0.3, 0.4) is 0 Å². The molecule has 0 fully saturated rings. The fourth-order valence-electron chi connectivity index (χ4n) is 1.35. The molecular weight excluding hydrogens is 180 g/mol. The van der Waals surface area contributed by atoms with E-state index in [2.05, 4.69) is 15.1 Å². The Labute approximate surface area is 81.5 Å². The number of rotatable bonds is 1. The summed E-state index contributed by atoms with van der Waals surface area (Å²) >= 11 is 0. The van der Waals surface area contributed by atoms with E-state index in [0.29, 0.717) is 17.8 Å². The summed E-state index contributed by atoms with van der Waals surface area (Å²) in [5, 5.41) is 5.44. The van der Waals surface area contributed by atoms with Crippen molar-refractivity contribution in [2.75, 3.05) is 7.05 Å². The van der Waals surface area contributed by atoms with Crippen LogP contribution in [0.1, 0.15) is 17.8 Å². The van der Waals surface area contributed by atoms with Gasteiger partial charge in [0.2, 0.25) is 5.91 Å². The molecule has 14 heavy (non-hydrogen) atoms. The highest BCUT2D eigenvalue weighted by Gasteiger charge is 2.23. The minimum absolute atomic E-state index is 0.00921. The summed E-state index contributed by atoms with van der Waals surface area (Å²) in [6, 6.07) is 0. The van der Waals surface area contributed by atoms with Gasteiger partial charge in [-0.3, -0.25) is 14.8 Å². The summed E-state index contributed by atoms with van der Waals surface area (Å²) in [5.41, 5.74) is 2.21. The molecule has 0 saturated carbocycles. The summed E-state index contributed by atoms with van der Waals surface area (Å²) in [7, 11) is 1.64. The maximum Gasteiger partial charge on any atom is 0.248 e. The van der Waals surface area contributed by atoms with Gasteiger partial charge in [-0.05, 0) is 6.92 Å². The lowest BCUT2D eigenvalue weighted by atomic mass is 10.1. The van der Waals surface area contributed by atoms with Gasteiger partial charge in [0.05, 0.1) is 17.8 Å². The SMILES string of the molecule is Cc1nccnc1C1=NN(C)C(=O)C1. The Morgan fingerprint density at radius 1 is 1.36 bits per heavy atom. The zero-order valence-electron chi connectivity index (χ0n) is 8.06. The Morgan fingerprint density at radius 2 is 2.07 bits per heavy atom. The van der Waals surface area contributed by atoms with Crippen LogP contribution in [-0.2, 0) is 4.79 Å². The second kappa shape index (κ2) is 3.17. The van der Waals surface area contributed by atoms with Crippen LogP contribution < -0.4 is 0 Å². The van der Waals surface area contributed by atoms with E-state index in [9.17, 15) is 4.79 Å². The second-order valence-electron chi connectivity index (χ2n) is 3.13. The molecule has 0 N–H and O–H groups in total. The Bertz CT molecular complexity index is 413. The quantitative estimate of drug-likeness (QED) is 0.642. The van der Waals surface area contributed by atoms with Crippen LogP contribution in [0.4, 0.5) is 0 Å². The summed E-state index contributed by atoms with van der Waals surface area (Å²) in [4.78, 5) is 19.5. The molecule has 0 atom stereocenters. The number of hydrazone groups is 1. The summed E-state index contributed by atoms with van der Waals surface area (Å²) in [5.74, 6) is -0.00921. The van der Waals surface area contributed by atoms with E-state index in [1.54, 1.807) is 19.4 Å². The molecule has 1 aliphatic rings. The average molecular weight is 190 g/mol. The first-order valence-electron chi connectivity index (χ1n) is 4.30. The van der Waals surface area contributed by atoms with Crippen LogP contribution in [0.15, 0.2) is 17.5 Å². The number of aryl methyl sites for hydroxylation is 1. The minimum Gasteiger partial charge on any atom is -0.273 e. The lowest BCUT2D eigenvalue weighted by Crippen LogP contribution is -2.14. The first kappa shape index (κ1) is 8.80. The van der Waals surface area contributed by atoms with Crippen molar-refractivity contribution in [3.8, 4) is 0 Å². The van der Waals surface area contributed by atoms with E-state index in [1.807, 2.05) is 6.92 Å². The molecule has 0 bridgehead atoms. The largest absolute Gasteiger partial charge is 0.273 e. The highest BCUT2D eigenvalue weighted by Crippen LogP contribution is 2.12. The van der Waals surface area contributed by atoms with Gasteiger partial charge in [0.25, 0.3) is 0 Å². The zero-order valence-corrected chi connectivity index (χ0v) is 8.06. The lowest BCUT2D eigenvalue weighted by Gasteiger charge is -2.00. The number of amides is 1. The van der Waals surface area contributed by atoms with Crippen molar-refractivity contribution in [1.82, 2.24) is 15.0 Å². The maximum atomic E-state index is 11.2. The zero-order chi connectivity index (χ0) is 10.1. The number of aromatic nitrogens is 2. The monoisotopic (exact) mass is 190 g/mol. The maximum absolute atomic E-state index is 11.2. The third-order valence-corrected chi connectivity index (χ3v) is 2.10. The van der Waals surface area contributed by atoms with Crippen LogP contribution >= 0.6 is 0 Å². The molecule has 0 aromatic carbocycles. The summed E-state index contributed by atoms with van der Waals surface area (Å²) < 4.78 is 0. The number of hydrogen-bond acceptors (Lipinski definition) is 4. The van der Waals surface area contributed by atoms with Crippen molar-refractivity contribution in [2.24, 2.45) is 5.10 Å². The van der Waals surface area contributed by atoms with Gasteiger partial charge in [0.15, 0.2) is 0 Å². The molecule has 2 heterocycles. The number of hydrogen-bond donors (Lipinski definition) is 0. The molecule has 1 aliphatic heterocycles. The number of carbonyl (C=O) groups is 1. The van der Waals surface area contributed by atoms with Crippen LogP contribution in [0.2, 0.25) is 0 Å². The van der Waals surface area contributed by atoms with E-state index in [-0.39, 0.29) is 5.91 Å². The van der Waals surface area contributed by atoms with E-state index < -0.39 is 0 Å². The first-order chi connectivity index (χ1) is 6.68. The highest BCUT2D eigenvalue weighted by atomic mass is 16.2. The van der Waals surface area contributed by atoms with E-state index >= 15 is 0 Å². The van der Waals surface area contributed by atoms with E-state index in [1.165, 1.54) is 5.01 Å². The van der Waals surface area contributed by atoms with Crippen LogP contribution in [0.5, 0.6) is 0 Å². The third-order valence-electron chi connectivity index (χ3n) is 2.10. The summed E-state index contributed by atoms with van der Waals surface area (Å²) in [6.07, 6.45) is 3.55. The Balaban J connectivity index is 2.38. The van der Waals surface area contributed by atoms with Crippen LogP contribution in [-0.4, -0.2) is 33.6 Å². The summed E-state index contributed by atoms with van der Waals surface area (Å²) in [6.45, 7) is 1.85. The molecule has 5 heteroatoms. The standard InChI is InChI=1S/C9H10N4O/c1-6-9(11-4-3-10-6)7-5-8(14)13(2)12-7/h3-4H,5H2,1-2H3. The second-order valence-corrected chi connectivity index (χ2v) is 3.13. The fourth-order valence-corrected chi connectivity index (χ4v) is 1.35. The van der Waals surface area contributed by atoms with Gasteiger partial charge in [-0.15, -0.1) is 0 Å². The predicted octanol–water partition coefficient (Wildman–Crippen LogP) is 0.351. The van der Waals surface area contributed by atoms with Crippen LogP contribution in [0.25, 0.3) is 0 Å². The molecule has 1 aromatic heterocycles. The van der Waals surface area contributed by atoms with Crippen molar-refractivity contribution in [3.63, 3.8) is 0 Å². The molecular formula is C9H10N4O.